The molecule has 1 aliphatic rings. The van der Waals surface area contributed by atoms with Gasteiger partial charge in [0.25, 0.3) is 5.89 Å². The maximum atomic E-state index is 14.4. The van der Waals surface area contributed by atoms with E-state index in [0.717, 1.165) is 11.9 Å². The highest BCUT2D eigenvalue weighted by Gasteiger charge is 2.32. The fourth-order valence-electron chi connectivity index (χ4n) is 2.45. The molecule has 0 aliphatic carbocycles. The van der Waals surface area contributed by atoms with Crippen molar-refractivity contribution in [1.29, 1.82) is 0 Å². The Morgan fingerprint density at radius 1 is 1.20 bits per heavy atom. The molecule has 2 aromatic carbocycles. The lowest BCUT2D eigenvalue weighted by Crippen LogP contribution is -2.22. The van der Waals surface area contributed by atoms with E-state index in [4.69, 9.17) is 4.42 Å². The number of benzene rings is 2. The number of ketones is 1. The van der Waals surface area contributed by atoms with Crippen molar-refractivity contribution in [3.8, 4) is 0 Å². The van der Waals surface area contributed by atoms with Crippen LogP contribution in [0.25, 0.3) is 23.0 Å². The number of aromatic nitrogens is 1. The average Bonchev–Trinajstić information content (AvgIpc) is 3.19. The van der Waals surface area contributed by atoms with Crippen molar-refractivity contribution in [2.75, 3.05) is 10.1 Å². The number of hydrogen-bond donors (Lipinski definition) is 0. The number of hydrogen-bond acceptors (Lipinski definition) is 5. The molecule has 0 atom stereocenters. The molecule has 0 bridgehead atoms. The highest BCUT2D eigenvalue weighted by Crippen LogP contribution is 2.32. The number of oxazole rings is 1. The quantitative estimate of drug-likeness (QED) is 0.528. The standard InChI is InChI=1S/C18H11FN2O3S/c19-13(8-11-4-2-1-3-5-11)17-20-14-9-12(6-7-16(14)24-17)21-18(23)15(22)10-25-21/h1-9H,10H2/b13-8+. The van der Waals surface area contributed by atoms with Gasteiger partial charge in [-0.3, -0.25) is 9.59 Å². The molecule has 25 heavy (non-hydrogen) atoms. The second kappa shape index (κ2) is 6.18. The molecule has 0 unspecified atom stereocenters. The zero-order valence-corrected chi connectivity index (χ0v) is 13.6. The number of halogens is 1. The molecule has 0 radical (unpaired) electrons. The molecule has 1 saturated heterocycles. The van der Waals surface area contributed by atoms with Gasteiger partial charge in [0.15, 0.2) is 11.4 Å². The Morgan fingerprint density at radius 2 is 2.00 bits per heavy atom. The number of anilines is 1. The lowest BCUT2D eigenvalue weighted by Gasteiger charge is -2.11. The first-order valence-electron chi connectivity index (χ1n) is 7.45. The van der Waals surface area contributed by atoms with Crippen LogP contribution < -0.4 is 4.31 Å². The first-order valence-corrected chi connectivity index (χ1v) is 8.39. The minimum atomic E-state index is -0.592. The molecule has 0 spiro atoms. The fourth-order valence-corrected chi connectivity index (χ4v) is 3.30. The highest BCUT2D eigenvalue weighted by atomic mass is 32.2. The van der Waals surface area contributed by atoms with E-state index in [1.165, 1.54) is 10.4 Å². The second-order valence-electron chi connectivity index (χ2n) is 5.37. The number of carbonyl (C=O) groups excluding carboxylic acids is 2. The molecule has 1 fully saturated rings. The van der Waals surface area contributed by atoms with Crippen molar-refractivity contribution >= 4 is 52.3 Å². The second-order valence-corrected chi connectivity index (χ2v) is 6.28. The van der Waals surface area contributed by atoms with Crippen LogP contribution in [0.5, 0.6) is 0 Å². The number of rotatable bonds is 3. The van der Waals surface area contributed by atoms with E-state index in [1.54, 1.807) is 30.3 Å². The Hall–Kier alpha value is -2.93. The third kappa shape index (κ3) is 2.94. The van der Waals surface area contributed by atoms with Gasteiger partial charge in [0.2, 0.25) is 5.78 Å². The minimum absolute atomic E-state index is 0.120. The van der Waals surface area contributed by atoms with Crippen LogP contribution >= 0.6 is 11.9 Å². The predicted octanol–water partition coefficient (Wildman–Crippen LogP) is 3.86. The summed E-state index contributed by atoms with van der Waals surface area (Å²) < 4.78 is 21.1. The molecular weight excluding hydrogens is 343 g/mol. The lowest BCUT2D eigenvalue weighted by molar-refractivity contribution is -0.133. The van der Waals surface area contributed by atoms with Gasteiger partial charge in [0.1, 0.15) is 5.52 Å². The van der Waals surface area contributed by atoms with Crippen molar-refractivity contribution in [3.63, 3.8) is 0 Å². The zero-order valence-electron chi connectivity index (χ0n) is 12.8. The topological polar surface area (TPSA) is 63.4 Å². The molecule has 4 rings (SSSR count). The summed E-state index contributed by atoms with van der Waals surface area (Å²) in [5, 5.41) is 0. The van der Waals surface area contributed by atoms with E-state index < -0.39 is 17.5 Å². The molecular formula is C18H11FN2O3S. The number of carbonyl (C=O) groups is 2. The maximum Gasteiger partial charge on any atom is 0.305 e. The van der Waals surface area contributed by atoms with Crippen molar-refractivity contribution < 1.29 is 18.4 Å². The van der Waals surface area contributed by atoms with Crippen LogP contribution in [0.2, 0.25) is 0 Å². The zero-order chi connectivity index (χ0) is 17.4. The van der Waals surface area contributed by atoms with Gasteiger partial charge in [0, 0.05) is 0 Å². The average molecular weight is 354 g/mol. The Labute approximate surface area is 146 Å². The van der Waals surface area contributed by atoms with E-state index in [2.05, 4.69) is 4.98 Å². The summed E-state index contributed by atoms with van der Waals surface area (Å²) in [5.74, 6) is -1.61. The molecule has 124 valence electrons. The van der Waals surface area contributed by atoms with Crippen molar-refractivity contribution in [2.24, 2.45) is 0 Å². The first-order chi connectivity index (χ1) is 12.1. The van der Waals surface area contributed by atoms with Crippen LogP contribution in [-0.4, -0.2) is 22.4 Å². The molecule has 3 aromatic rings. The summed E-state index contributed by atoms with van der Waals surface area (Å²) in [5.41, 5.74) is 2.02. The Balaban J connectivity index is 1.68. The number of amides is 1. The van der Waals surface area contributed by atoms with E-state index in [9.17, 15) is 14.0 Å². The fraction of sp³-hybridized carbons (Fsp3) is 0.0556. The summed E-state index contributed by atoms with van der Waals surface area (Å²) in [7, 11) is 0. The summed E-state index contributed by atoms with van der Waals surface area (Å²) >= 11 is 1.13. The molecule has 0 saturated carbocycles. The van der Waals surface area contributed by atoms with E-state index >= 15 is 0 Å². The summed E-state index contributed by atoms with van der Waals surface area (Å²) in [6, 6.07) is 13.8. The largest absolute Gasteiger partial charge is 0.434 e. The predicted molar refractivity (Wildman–Crippen MR) is 94.4 cm³/mol. The van der Waals surface area contributed by atoms with Gasteiger partial charge in [0.05, 0.1) is 11.4 Å². The van der Waals surface area contributed by atoms with Gasteiger partial charge in [-0.15, -0.1) is 0 Å². The molecule has 2 heterocycles. The summed E-state index contributed by atoms with van der Waals surface area (Å²) in [4.78, 5) is 27.3. The molecule has 1 amide bonds. The normalized spacial score (nSPS) is 15.4. The van der Waals surface area contributed by atoms with Crippen molar-refractivity contribution in [2.45, 2.75) is 0 Å². The van der Waals surface area contributed by atoms with Gasteiger partial charge >= 0.3 is 5.91 Å². The Morgan fingerprint density at radius 3 is 2.72 bits per heavy atom. The van der Waals surface area contributed by atoms with Crippen molar-refractivity contribution in [3.05, 3.63) is 60.0 Å². The van der Waals surface area contributed by atoms with Gasteiger partial charge in [-0.25, -0.2) is 13.7 Å². The molecule has 1 aliphatic heterocycles. The van der Waals surface area contributed by atoms with Gasteiger partial charge < -0.3 is 4.42 Å². The minimum Gasteiger partial charge on any atom is -0.434 e. The summed E-state index contributed by atoms with van der Waals surface area (Å²) in [6.45, 7) is 0. The van der Waals surface area contributed by atoms with Crippen LogP contribution in [0.15, 0.2) is 52.9 Å². The third-order valence-corrected chi connectivity index (χ3v) is 4.68. The number of Topliss-reactive ketones (excluding diaryl/α,β-unsaturated/α-hetero) is 1. The highest BCUT2D eigenvalue weighted by molar-refractivity contribution is 8.03. The van der Waals surface area contributed by atoms with E-state index in [0.29, 0.717) is 22.4 Å². The van der Waals surface area contributed by atoms with Crippen LogP contribution in [0.4, 0.5) is 10.1 Å². The maximum absolute atomic E-state index is 14.4. The molecule has 5 nitrogen and oxygen atoms in total. The Bertz CT molecular complexity index is 1010. The Kier molecular flexibility index (Phi) is 3.85. The van der Waals surface area contributed by atoms with E-state index in [-0.39, 0.29) is 11.6 Å². The monoisotopic (exact) mass is 354 g/mol. The van der Waals surface area contributed by atoms with Gasteiger partial charge in [-0.2, -0.15) is 0 Å². The smallest absolute Gasteiger partial charge is 0.305 e. The molecule has 0 N–H and O–H groups in total. The van der Waals surface area contributed by atoms with Crippen LogP contribution in [-0.2, 0) is 9.59 Å². The van der Waals surface area contributed by atoms with Gasteiger partial charge in [-0.05, 0) is 41.8 Å². The first kappa shape index (κ1) is 15.6. The van der Waals surface area contributed by atoms with Crippen LogP contribution in [0.3, 0.4) is 0 Å². The third-order valence-electron chi connectivity index (χ3n) is 3.65. The molecule has 1 aromatic heterocycles. The van der Waals surface area contributed by atoms with Crippen LogP contribution in [0, 0.1) is 0 Å². The number of nitrogens with zero attached hydrogens (tertiary/aromatic N) is 2. The number of fused-ring (bicyclic) bond motifs is 1. The van der Waals surface area contributed by atoms with Crippen molar-refractivity contribution in [1.82, 2.24) is 4.98 Å². The van der Waals surface area contributed by atoms with E-state index in [1.807, 2.05) is 18.2 Å². The lowest BCUT2D eigenvalue weighted by atomic mass is 10.2. The van der Waals surface area contributed by atoms with Gasteiger partial charge in [-0.1, -0.05) is 30.3 Å². The summed E-state index contributed by atoms with van der Waals surface area (Å²) in [6.07, 6.45) is 1.34. The molecule has 7 heteroatoms. The van der Waals surface area contributed by atoms with Crippen LogP contribution in [0.1, 0.15) is 11.5 Å². The SMILES string of the molecule is O=C1CSN(c2ccc3oc(/C(F)=C\c4ccccc4)nc3c2)C1=O.